The summed E-state index contributed by atoms with van der Waals surface area (Å²) in [7, 11) is 0. The summed E-state index contributed by atoms with van der Waals surface area (Å²) in [5.74, 6) is 0. The largest absolute Gasteiger partial charge is 0.502 e. The molecule has 0 aromatic heterocycles. The van der Waals surface area contributed by atoms with E-state index < -0.39 is 0 Å². The van der Waals surface area contributed by atoms with Crippen LogP contribution in [0.3, 0.4) is 0 Å². The van der Waals surface area contributed by atoms with Gasteiger partial charge < -0.3 is 44.1 Å². The van der Waals surface area contributed by atoms with Crippen molar-refractivity contribution >= 4 is 0 Å². The van der Waals surface area contributed by atoms with E-state index in [1.165, 1.54) is 0 Å². The molecule has 0 rings (SSSR count). The Hall–Kier alpha value is -0.780. The zero-order valence-corrected chi connectivity index (χ0v) is 18.2. The van der Waals surface area contributed by atoms with Gasteiger partial charge in [-0.3, -0.25) is 0 Å². The standard InChI is InChI=1S/C8H18O5.C5H10O.C4H10O.C2H6O2/c9-1-3-11-5-7-13-8-6-12-4-2-10;1-3-5-6-4-2;1-3-5-4-2;3-1-2-4/h9-10H,1-8H2;3,5H,4H2,1-2H3;3-4H2,1-2H3;3-4H,1-2H2/b;5-3+;;. The minimum absolute atomic E-state index is 0.0413. The summed E-state index contributed by atoms with van der Waals surface area (Å²) in [5, 5.41) is 32.0. The third-order valence-corrected chi connectivity index (χ3v) is 2.12. The molecular formula is C19H44O9. The van der Waals surface area contributed by atoms with Crippen LogP contribution in [0.4, 0.5) is 0 Å². The van der Waals surface area contributed by atoms with Crippen molar-refractivity contribution in [3.63, 3.8) is 0 Å². The second-order valence-corrected chi connectivity index (χ2v) is 4.44. The molecular weight excluding hydrogens is 372 g/mol. The molecule has 9 heteroatoms. The minimum Gasteiger partial charge on any atom is -0.502 e. The summed E-state index contributed by atoms with van der Waals surface area (Å²) >= 11 is 0. The van der Waals surface area contributed by atoms with E-state index in [4.69, 9.17) is 44.1 Å². The highest BCUT2D eigenvalue weighted by Crippen LogP contribution is 1.80. The molecule has 9 nitrogen and oxygen atoms in total. The van der Waals surface area contributed by atoms with Crippen molar-refractivity contribution in [3.05, 3.63) is 12.3 Å². The smallest absolute Gasteiger partial charge is 0.0845 e. The third-order valence-electron chi connectivity index (χ3n) is 2.12. The van der Waals surface area contributed by atoms with Crippen LogP contribution < -0.4 is 0 Å². The Bertz CT molecular complexity index is 215. The average molecular weight is 417 g/mol. The summed E-state index contributed by atoms with van der Waals surface area (Å²) < 4.78 is 24.7. The lowest BCUT2D eigenvalue weighted by molar-refractivity contribution is 0.00230. The van der Waals surface area contributed by atoms with Gasteiger partial charge in [-0.25, -0.2) is 0 Å². The predicted molar refractivity (Wildman–Crippen MR) is 109 cm³/mol. The Morgan fingerprint density at radius 3 is 1.11 bits per heavy atom. The fourth-order valence-electron chi connectivity index (χ4n) is 1.07. The first kappa shape index (κ1) is 34.7. The van der Waals surface area contributed by atoms with Gasteiger partial charge in [0.2, 0.25) is 0 Å². The van der Waals surface area contributed by atoms with E-state index in [1.54, 1.807) is 6.26 Å². The van der Waals surface area contributed by atoms with Gasteiger partial charge in [-0.2, -0.15) is 0 Å². The van der Waals surface area contributed by atoms with Gasteiger partial charge >= 0.3 is 0 Å². The zero-order chi connectivity index (χ0) is 22.1. The molecule has 28 heavy (non-hydrogen) atoms. The van der Waals surface area contributed by atoms with E-state index in [-0.39, 0.29) is 26.4 Å². The van der Waals surface area contributed by atoms with Gasteiger partial charge in [-0.1, -0.05) is 6.08 Å². The van der Waals surface area contributed by atoms with E-state index in [2.05, 4.69) is 0 Å². The SMILES string of the molecule is C/C=C/OCC.CCOCC.OCCO.OCCOCCOCCOCCO. The zero-order valence-electron chi connectivity index (χ0n) is 18.2. The molecule has 0 aromatic carbocycles. The molecule has 0 unspecified atom stereocenters. The fourth-order valence-corrected chi connectivity index (χ4v) is 1.07. The molecule has 0 aliphatic rings. The monoisotopic (exact) mass is 416 g/mol. The molecule has 174 valence electrons. The van der Waals surface area contributed by atoms with Crippen molar-refractivity contribution < 1.29 is 44.1 Å². The maximum Gasteiger partial charge on any atom is 0.0845 e. The van der Waals surface area contributed by atoms with Crippen LogP contribution in [0.1, 0.15) is 27.7 Å². The fraction of sp³-hybridized carbons (Fsp3) is 0.895. The molecule has 0 aromatic rings. The number of hydrogen-bond acceptors (Lipinski definition) is 9. The van der Waals surface area contributed by atoms with Crippen LogP contribution >= 0.6 is 0 Å². The van der Waals surface area contributed by atoms with E-state index in [1.807, 2.05) is 33.8 Å². The number of aliphatic hydroxyl groups is 4. The molecule has 0 atom stereocenters. The molecule has 0 bridgehead atoms. The third kappa shape index (κ3) is 63.9. The molecule has 4 N–H and O–H groups in total. The van der Waals surface area contributed by atoms with Gasteiger partial charge in [-0.05, 0) is 27.7 Å². The van der Waals surface area contributed by atoms with Crippen LogP contribution in [-0.2, 0) is 23.7 Å². The van der Waals surface area contributed by atoms with Crippen LogP contribution in [0, 0.1) is 0 Å². The maximum atomic E-state index is 8.36. The Morgan fingerprint density at radius 1 is 0.536 bits per heavy atom. The van der Waals surface area contributed by atoms with Gasteiger partial charge in [0.05, 0.1) is 78.9 Å². The summed E-state index contributed by atoms with van der Waals surface area (Å²) in [5.41, 5.74) is 0. The van der Waals surface area contributed by atoms with Crippen molar-refractivity contribution in [2.75, 3.05) is 85.9 Å². The lowest BCUT2D eigenvalue weighted by Crippen LogP contribution is -2.11. The Labute approximate surface area is 170 Å². The second kappa shape index (κ2) is 45.1. The minimum atomic E-state index is -0.125. The first-order valence-corrected chi connectivity index (χ1v) is 9.63. The molecule has 0 amide bonds. The van der Waals surface area contributed by atoms with Gasteiger partial charge in [0.1, 0.15) is 0 Å². The number of rotatable bonds is 15. The number of ether oxygens (including phenoxy) is 5. The number of allylic oxidation sites excluding steroid dienone is 1. The summed E-state index contributed by atoms with van der Waals surface area (Å²) in [6.07, 6.45) is 3.55. The van der Waals surface area contributed by atoms with Crippen molar-refractivity contribution in [2.24, 2.45) is 0 Å². The van der Waals surface area contributed by atoms with Crippen LogP contribution in [0.5, 0.6) is 0 Å². The van der Waals surface area contributed by atoms with Crippen LogP contribution in [0.25, 0.3) is 0 Å². The lowest BCUT2D eigenvalue weighted by Gasteiger charge is -2.04. The highest BCUT2D eigenvalue weighted by atomic mass is 16.5. The van der Waals surface area contributed by atoms with Gasteiger partial charge in [-0.15, -0.1) is 0 Å². The van der Waals surface area contributed by atoms with E-state index >= 15 is 0 Å². The van der Waals surface area contributed by atoms with E-state index in [0.29, 0.717) is 39.6 Å². The number of aliphatic hydroxyl groups excluding tert-OH is 4. The normalized spacial score (nSPS) is 9.57. The van der Waals surface area contributed by atoms with Crippen molar-refractivity contribution in [2.45, 2.75) is 27.7 Å². The summed E-state index contributed by atoms with van der Waals surface area (Å²) in [4.78, 5) is 0. The van der Waals surface area contributed by atoms with Gasteiger partial charge in [0.15, 0.2) is 0 Å². The van der Waals surface area contributed by atoms with E-state index in [9.17, 15) is 0 Å². The Morgan fingerprint density at radius 2 is 0.929 bits per heavy atom. The molecule has 0 spiro atoms. The molecule has 0 aliphatic heterocycles. The molecule has 0 saturated carbocycles. The molecule has 0 heterocycles. The van der Waals surface area contributed by atoms with Gasteiger partial charge in [0, 0.05) is 13.2 Å². The predicted octanol–water partition coefficient (Wildman–Crippen LogP) is 0.591. The molecule has 0 radical (unpaired) electrons. The first-order valence-electron chi connectivity index (χ1n) is 9.63. The first-order chi connectivity index (χ1) is 13.7. The maximum absolute atomic E-state index is 8.36. The molecule has 0 saturated heterocycles. The van der Waals surface area contributed by atoms with Crippen LogP contribution in [0.15, 0.2) is 12.3 Å². The summed E-state index contributed by atoms with van der Waals surface area (Å²) in [6.45, 7) is 12.8. The quantitative estimate of drug-likeness (QED) is 0.224. The highest BCUT2D eigenvalue weighted by molar-refractivity contribution is 4.64. The Kier molecular flexibility index (Phi) is 56.0. The lowest BCUT2D eigenvalue weighted by atomic mass is 10.7. The summed E-state index contributed by atoms with van der Waals surface area (Å²) in [6, 6.07) is 0. The highest BCUT2D eigenvalue weighted by Gasteiger charge is 1.89. The average Bonchev–Trinajstić information content (AvgIpc) is 2.73. The van der Waals surface area contributed by atoms with Crippen molar-refractivity contribution in [1.29, 1.82) is 0 Å². The van der Waals surface area contributed by atoms with E-state index in [0.717, 1.165) is 19.8 Å². The second-order valence-electron chi connectivity index (χ2n) is 4.44. The Balaban J connectivity index is -0.000000159. The van der Waals surface area contributed by atoms with Crippen molar-refractivity contribution in [3.8, 4) is 0 Å². The molecule has 0 fully saturated rings. The van der Waals surface area contributed by atoms with Crippen molar-refractivity contribution in [1.82, 2.24) is 0 Å². The topological polar surface area (TPSA) is 127 Å². The molecule has 0 aliphatic carbocycles. The van der Waals surface area contributed by atoms with Crippen LogP contribution in [-0.4, -0.2) is 106 Å². The number of hydrogen-bond donors (Lipinski definition) is 4. The van der Waals surface area contributed by atoms with Gasteiger partial charge in [0.25, 0.3) is 0 Å². The van der Waals surface area contributed by atoms with Crippen LogP contribution in [0.2, 0.25) is 0 Å².